The Morgan fingerprint density at radius 2 is 1.91 bits per heavy atom. The molecule has 0 aliphatic heterocycles. The molecule has 32 heavy (non-hydrogen) atoms. The zero-order valence-corrected chi connectivity index (χ0v) is 20.3. The SMILES string of the molecule is CCc1cccc(CC)c1NC(=O)CSc1nnc2c3c4c(sc3nc(C)n12)CCCC4. The number of thioether (sulfide) groups is 1. The minimum atomic E-state index is -0.0260. The van der Waals surface area contributed by atoms with Crippen molar-refractivity contribution in [2.24, 2.45) is 0 Å². The molecule has 0 saturated carbocycles. The van der Waals surface area contributed by atoms with Crippen LogP contribution >= 0.6 is 23.1 Å². The molecule has 0 spiro atoms. The van der Waals surface area contributed by atoms with Crippen LogP contribution in [0.3, 0.4) is 0 Å². The molecule has 1 aromatic carbocycles. The number of hydrogen-bond donors (Lipinski definition) is 1. The molecule has 1 amide bonds. The summed E-state index contributed by atoms with van der Waals surface area (Å²) in [5.41, 5.74) is 5.57. The number of carbonyl (C=O) groups is 1. The smallest absolute Gasteiger partial charge is 0.234 e. The Balaban J connectivity index is 1.41. The quantitative estimate of drug-likeness (QED) is 0.387. The minimum absolute atomic E-state index is 0.0260. The Morgan fingerprint density at radius 3 is 2.66 bits per heavy atom. The summed E-state index contributed by atoms with van der Waals surface area (Å²) in [7, 11) is 0. The van der Waals surface area contributed by atoms with Crippen LogP contribution in [-0.2, 0) is 30.5 Å². The predicted octanol–water partition coefficient (Wildman–Crippen LogP) is 5.38. The topological polar surface area (TPSA) is 72.2 Å². The number of thiophene rings is 1. The lowest BCUT2D eigenvalue weighted by Gasteiger charge is -2.14. The highest BCUT2D eigenvalue weighted by Crippen LogP contribution is 2.38. The second kappa shape index (κ2) is 8.83. The Kier molecular flexibility index (Phi) is 5.90. The molecule has 0 unspecified atom stereocenters. The second-order valence-corrected chi connectivity index (χ2v) is 10.2. The van der Waals surface area contributed by atoms with Crippen molar-refractivity contribution < 1.29 is 4.79 Å². The van der Waals surface area contributed by atoms with Crippen LogP contribution in [0, 0.1) is 6.92 Å². The molecule has 3 aromatic heterocycles. The molecule has 1 aliphatic carbocycles. The predicted molar refractivity (Wildman–Crippen MR) is 132 cm³/mol. The van der Waals surface area contributed by atoms with Gasteiger partial charge in [0.1, 0.15) is 10.7 Å². The fourth-order valence-electron chi connectivity index (χ4n) is 4.58. The first-order valence-corrected chi connectivity index (χ1v) is 13.1. The first-order chi connectivity index (χ1) is 15.6. The molecule has 1 N–H and O–H groups in total. The number of aromatic nitrogens is 4. The van der Waals surface area contributed by atoms with E-state index in [1.165, 1.54) is 46.2 Å². The summed E-state index contributed by atoms with van der Waals surface area (Å²) in [5, 5.41) is 14.0. The highest BCUT2D eigenvalue weighted by molar-refractivity contribution is 7.99. The Hall–Kier alpha value is -2.45. The zero-order chi connectivity index (χ0) is 22.2. The maximum atomic E-state index is 12.8. The van der Waals surface area contributed by atoms with Crippen LogP contribution in [0.25, 0.3) is 15.9 Å². The number of nitrogens with one attached hydrogen (secondary N) is 1. The molecular weight excluding hydrogens is 438 g/mol. The Morgan fingerprint density at radius 1 is 1.16 bits per heavy atom. The molecule has 8 heteroatoms. The van der Waals surface area contributed by atoms with Crippen LogP contribution in [0.1, 0.15) is 54.1 Å². The van der Waals surface area contributed by atoms with E-state index in [-0.39, 0.29) is 11.7 Å². The number of fused-ring (bicyclic) bond motifs is 5. The maximum Gasteiger partial charge on any atom is 0.234 e. The van der Waals surface area contributed by atoms with E-state index in [0.717, 1.165) is 58.2 Å². The number of rotatable bonds is 6. The third-order valence-corrected chi connectivity index (χ3v) is 8.31. The van der Waals surface area contributed by atoms with Crippen molar-refractivity contribution in [3.8, 4) is 0 Å². The van der Waals surface area contributed by atoms with Crippen LogP contribution < -0.4 is 5.32 Å². The van der Waals surface area contributed by atoms with Gasteiger partial charge in [0.15, 0.2) is 10.8 Å². The van der Waals surface area contributed by atoms with E-state index in [2.05, 4.69) is 47.6 Å². The highest BCUT2D eigenvalue weighted by atomic mass is 32.2. The molecule has 0 bridgehead atoms. The second-order valence-electron chi connectivity index (χ2n) is 8.19. The average Bonchev–Trinajstić information content (AvgIpc) is 3.39. The molecule has 4 aromatic rings. The molecule has 0 saturated heterocycles. The van der Waals surface area contributed by atoms with Gasteiger partial charge in [0, 0.05) is 10.6 Å². The van der Waals surface area contributed by atoms with Gasteiger partial charge in [-0.2, -0.15) is 0 Å². The summed E-state index contributed by atoms with van der Waals surface area (Å²) in [6.45, 7) is 6.21. The Bertz CT molecular complexity index is 1300. The van der Waals surface area contributed by atoms with Crippen molar-refractivity contribution in [2.75, 3.05) is 11.1 Å². The van der Waals surface area contributed by atoms with Crippen molar-refractivity contribution in [3.63, 3.8) is 0 Å². The molecular formula is C24H27N5OS2. The van der Waals surface area contributed by atoms with Gasteiger partial charge in [0.2, 0.25) is 5.91 Å². The summed E-state index contributed by atoms with van der Waals surface area (Å²) in [6.07, 6.45) is 6.46. The summed E-state index contributed by atoms with van der Waals surface area (Å²) in [5.74, 6) is 1.12. The first-order valence-electron chi connectivity index (χ1n) is 11.3. The van der Waals surface area contributed by atoms with Gasteiger partial charge in [-0.05, 0) is 62.1 Å². The largest absolute Gasteiger partial charge is 0.325 e. The van der Waals surface area contributed by atoms with E-state index in [4.69, 9.17) is 4.98 Å². The molecule has 0 fully saturated rings. The minimum Gasteiger partial charge on any atom is -0.325 e. The average molecular weight is 466 g/mol. The van der Waals surface area contributed by atoms with Crippen molar-refractivity contribution in [2.45, 2.75) is 64.5 Å². The lowest BCUT2D eigenvalue weighted by Crippen LogP contribution is -2.17. The van der Waals surface area contributed by atoms with Crippen LogP contribution in [-0.4, -0.2) is 31.2 Å². The van der Waals surface area contributed by atoms with E-state index in [9.17, 15) is 4.79 Å². The first kappa shape index (κ1) is 21.4. The van der Waals surface area contributed by atoms with Gasteiger partial charge in [-0.25, -0.2) is 4.98 Å². The van der Waals surface area contributed by atoms with Gasteiger partial charge in [0.05, 0.1) is 11.1 Å². The molecule has 6 nitrogen and oxygen atoms in total. The maximum absolute atomic E-state index is 12.8. The van der Waals surface area contributed by atoms with Crippen LogP contribution in [0.4, 0.5) is 5.69 Å². The summed E-state index contributed by atoms with van der Waals surface area (Å²) in [4.78, 5) is 20.2. The van der Waals surface area contributed by atoms with E-state index in [1.54, 1.807) is 11.3 Å². The molecule has 5 rings (SSSR count). The van der Waals surface area contributed by atoms with Crippen molar-refractivity contribution in [3.05, 3.63) is 45.6 Å². The number of amides is 1. The van der Waals surface area contributed by atoms with Gasteiger partial charge in [0.25, 0.3) is 0 Å². The molecule has 3 heterocycles. The molecule has 1 aliphatic rings. The van der Waals surface area contributed by atoms with Gasteiger partial charge in [-0.15, -0.1) is 21.5 Å². The highest BCUT2D eigenvalue weighted by Gasteiger charge is 2.23. The molecule has 0 atom stereocenters. The number of hydrogen-bond acceptors (Lipinski definition) is 6. The summed E-state index contributed by atoms with van der Waals surface area (Å²) >= 11 is 3.22. The van der Waals surface area contributed by atoms with Crippen molar-refractivity contribution >= 4 is 50.6 Å². The lowest BCUT2D eigenvalue weighted by atomic mass is 9.97. The lowest BCUT2D eigenvalue weighted by molar-refractivity contribution is -0.113. The third-order valence-electron chi connectivity index (χ3n) is 6.19. The number of aryl methyl sites for hydroxylation is 5. The number of anilines is 1. The monoisotopic (exact) mass is 465 g/mol. The number of para-hydroxylation sites is 1. The van der Waals surface area contributed by atoms with E-state index >= 15 is 0 Å². The van der Waals surface area contributed by atoms with Crippen LogP contribution in [0.5, 0.6) is 0 Å². The third kappa shape index (κ3) is 3.69. The fourth-order valence-corrected chi connectivity index (χ4v) is 6.66. The van der Waals surface area contributed by atoms with Gasteiger partial charge >= 0.3 is 0 Å². The summed E-state index contributed by atoms with van der Waals surface area (Å²) < 4.78 is 2.01. The number of benzene rings is 1. The van der Waals surface area contributed by atoms with Gasteiger partial charge < -0.3 is 5.32 Å². The van der Waals surface area contributed by atoms with Crippen molar-refractivity contribution in [1.29, 1.82) is 0 Å². The van der Waals surface area contributed by atoms with Crippen LogP contribution in [0.2, 0.25) is 0 Å². The molecule has 0 radical (unpaired) electrons. The van der Waals surface area contributed by atoms with E-state index in [0.29, 0.717) is 0 Å². The van der Waals surface area contributed by atoms with Gasteiger partial charge in [-0.3, -0.25) is 9.20 Å². The normalized spacial score (nSPS) is 13.6. The van der Waals surface area contributed by atoms with E-state index < -0.39 is 0 Å². The standard InChI is InChI=1S/C24H27N5OS2/c1-4-15-9-8-10-16(5-2)21(15)26-19(30)13-31-24-28-27-22-20-17-11-6-7-12-18(17)32-23(20)25-14(3)29(22)24/h8-10H,4-7,11-13H2,1-3H3,(H,26,30). The molecule has 166 valence electrons. The Labute approximate surface area is 195 Å². The van der Waals surface area contributed by atoms with Gasteiger partial charge in [-0.1, -0.05) is 43.8 Å². The fraction of sp³-hybridized carbons (Fsp3) is 0.417. The number of nitrogens with zero attached hydrogens (tertiary/aromatic N) is 4. The zero-order valence-electron chi connectivity index (χ0n) is 18.7. The van der Waals surface area contributed by atoms with E-state index in [1.807, 2.05) is 11.3 Å². The van der Waals surface area contributed by atoms with Crippen LogP contribution in [0.15, 0.2) is 23.4 Å². The van der Waals surface area contributed by atoms with Crippen molar-refractivity contribution in [1.82, 2.24) is 19.6 Å². The summed E-state index contributed by atoms with van der Waals surface area (Å²) in [6, 6.07) is 6.22. The number of carbonyl (C=O) groups excluding carboxylic acids is 1.